The molecule has 0 N–H and O–H groups in total. The fourth-order valence-corrected chi connectivity index (χ4v) is 3.10. The molecular weight excluding hydrogens is 290 g/mol. The minimum atomic E-state index is -0.343. The number of rotatable bonds is 3. The Morgan fingerprint density at radius 3 is 2.74 bits per heavy atom. The highest BCUT2D eigenvalue weighted by molar-refractivity contribution is 5.98. The number of hydrogen-bond donors (Lipinski definition) is 0. The second-order valence-electron chi connectivity index (χ2n) is 6.06. The molecule has 23 heavy (non-hydrogen) atoms. The van der Waals surface area contributed by atoms with Crippen molar-refractivity contribution in [2.75, 3.05) is 20.6 Å². The van der Waals surface area contributed by atoms with E-state index < -0.39 is 0 Å². The normalized spacial score (nSPS) is 18.3. The molecular formula is C18H21N3O2. The van der Waals surface area contributed by atoms with Crippen LogP contribution in [0.25, 0.3) is 17.0 Å². The minimum absolute atomic E-state index is 0.0133. The zero-order chi connectivity index (χ0) is 16.6. The summed E-state index contributed by atoms with van der Waals surface area (Å²) < 4.78 is 2.04. The first kappa shape index (κ1) is 15.3. The summed E-state index contributed by atoms with van der Waals surface area (Å²) in [4.78, 5) is 27.6. The van der Waals surface area contributed by atoms with Crippen molar-refractivity contribution in [3.05, 3.63) is 42.1 Å². The monoisotopic (exact) mass is 311 g/mol. The molecule has 0 bridgehead atoms. The fourth-order valence-electron chi connectivity index (χ4n) is 3.10. The zero-order valence-electron chi connectivity index (χ0n) is 13.7. The molecule has 0 radical (unpaired) electrons. The van der Waals surface area contributed by atoms with Crippen molar-refractivity contribution in [2.24, 2.45) is 7.05 Å². The molecule has 5 heteroatoms. The van der Waals surface area contributed by atoms with Crippen LogP contribution in [-0.4, -0.2) is 52.9 Å². The van der Waals surface area contributed by atoms with Gasteiger partial charge in [-0.25, -0.2) is 0 Å². The third-order valence-corrected chi connectivity index (χ3v) is 4.55. The first-order valence-corrected chi connectivity index (χ1v) is 7.73. The highest BCUT2D eigenvalue weighted by atomic mass is 16.2. The van der Waals surface area contributed by atoms with E-state index in [0.29, 0.717) is 13.0 Å². The van der Waals surface area contributed by atoms with Crippen molar-refractivity contribution in [1.82, 2.24) is 14.4 Å². The van der Waals surface area contributed by atoms with Crippen LogP contribution in [-0.2, 0) is 16.6 Å². The van der Waals surface area contributed by atoms with Crippen LogP contribution in [0.2, 0.25) is 0 Å². The standard InChI is InChI=1S/C18H21N3O2/c1-19-11-10-16(18(19)23)21(3)17(22)9-8-13-12-20(2)15-7-5-4-6-14(13)15/h4-9,12,16H,10-11H2,1-3H3. The number of likely N-dealkylation sites (N-methyl/N-ethyl adjacent to an activating group) is 2. The Morgan fingerprint density at radius 2 is 2.04 bits per heavy atom. The zero-order valence-corrected chi connectivity index (χ0v) is 13.7. The Labute approximate surface area is 135 Å². The van der Waals surface area contributed by atoms with Crippen molar-refractivity contribution >= 4 is 28.8 Å². The molecule has 2 amide bonds. The van der Waals surface area contributed by atoms with Crippen LogP contribution in [0, 0.1) is 0 Å². The molecule has 120 valence electrons. The van der Waals surface area contributed by atoms with Crippen molar-refractivity contribution < 1.29 is 9.59 Å². The van der Waals surface area contributed by atoms with Gasteiger partial charge < -0.3 is 14.4 Å². The molecule has 2 aromatic rings. The molecule has 1 aliphatic heterocycles. The number of nitrogens with zero attached hydrogens (tertiary/aromatic N) is 3. The lowest BCUT2D eigenvalue weighted by Gasteiger charge is -2.21. The maximum absolute atomic E-state index is 12.4. The summed E-state index contributed by atoms with van der Waals surface area (Å²) in [5.74, 6) is -0.133. The van der Waals surface area contributed by atoms with Crippen molar-refractivity contribution in [2.45, 2.75) is 12.5 Å². The highest BCUT2D eigenvalue weighted by Crippen LogP contribution is 2.22. The molecule has 1 unspecified atom stereocenters. The second-order valence-corrected chi connectivity index (χ2v) is 6.06. The Balaban J connectivity index is 1.79. The number of amides is 2. The maximum Gasteiger partial charge on any atom is 0.246 e. The number of carbonyl (C=O) groups is 2. The number of hydrogen-bond acceptors (Lipinski definition) is 2. The van der Waals surface area contributed by atoms with Gasteiger partial charge in [-0.15, -0.1) is 0 Å². The van der Waals surface area contributed by atoms with E-state index in [4.69, 9.17) is 0 Å². The third kappa shape index (κ3) is 2.74. The molecule has 2 heterocycles. The summed E-state index contributed by atoms with van der Waals surface area (Å²) >= 11 is 0. The summed E-state index contributed by atoms with van der Waals surface area (Å²) in [7, 11) is 5.45. The maximum atomic E-state index is 12.4. The predicted octanol–water partition coefficient (Wildman–Crippen LogP) is 1.88. The summed E-state index contributed by atoms with van der Waals surface area (Å²) in [6.07, 6.45) is 6.07. The Bertz CT molecular complexity index is 791. The van der Waals surface area contributed by atoms with Crippen LogP contribution in [0.3, 0.4) is 0 Å². The number of fused-ring (bicyclic) bond motifs is 1. The van der Waals surface area contributed by atoms with Crippen LogP contribution in [0.4, 0.5) is 0 Å². The molecule has 1 fully saturated rings. The molecule has 0 saturated carbocycles. The van der Waals surface area contributed by atoms with Crippen LogP contribution in [0.15, 0.2) is 36.5 Å². The third-order valence-electron chi connectivity index (χ3n) is 4.55. The van der Waals surface area contributed by atoms with Gasteiger partial charge in [-0.2, -0.15) is 0 Å². The van der Waals surface area contributed by atoms with Crippen molar-refractivity contribution in [3.63, 3.8) is 0 Å². The number of para-hydroxylation sites is 1. The Kier molecular flexibility index (Phi) is 3.94. The van der Waals surface area contributed by atoms with E-state index in [1.807, 2.05) is 48.2 Å². The van der Waals surface area contributed by atoms with Gasteiger partial charge in [-0.3, -0.25) is 9.59 Å². The molecule has 5 nitrogen and oxygen atoms in total. The summed E-state index contributed by atoms with van der Waals surface area (Å²) in [5.41, 5.74) is 2.13. The van der Waals surface area contributed by atoms with E-state index in [1.165, 1.54) is 4.90 Å². The molecule has 1 aromatic heterocycles. The number of benzene rings is 1. The predicted molar refractivity (Wildman–Crippen MR) is 90.8 cm³/mol. The first-order valence-electron chi connectivity index (χ1n) is 7.73. The van der Waals surface area contributed by atoms with E-state index in [9.17, 15) is 9.59 Å². The molecule has 3 rings (SSSR count). The Hall–Kier alpha value is -2.56. The first-order chi connectivity index (χ1) is 11.0. The number of likely N-dealkylation sites (tertiary alicyclic amines) is 1. The van der Waals surface area contributed by atoms with E-state index in [0.717, 1.165) is 16.5 Å². The molecule has 1 saturated heterocycles. The van der Waals surface area contributed by atoms with Gasteiger partial charge in [0.05, 0.1) is 0 Å². The molecule has 0 aliphatic carbocycles. The van der Waals surface area contributed by atoms with Crippen LogP contribution in [0.5, 0.6) is 0 Å². The lowest BCUT2D eigenvalue weighted by molar-refractivity contribution is -0.137. The van der Waals surface area contributed by atoms with Gasteiger partial charge >= 0.3 is 0 Å². The largest absolute Gasteiger partial charge is 0.350 e. The number of aryl methyl sites for hydroxylation is 1. The average molecular weight is 311 g/mol. The van der Waals surface area contributed by atoms with Crippen LogP contribution >= 0.6 is 0 Å². The van der Waals surface area contributed by atoms with Crippen LogP contribution in [0.1, 0.15) is 12.0 Å². The minimum Gasteiger partial charge on any atom is -0.350 e. The van der Waals surface area contributed by atoms with Gasteiger partial charge in [0.2, 0.25) is 11.8 Å². The lowest BCUT2D eigenvalue weighted by atomic mass is 10.1. The average Bonchev–Trinajstić information content (AvgIpc) is 3.06. The summed E-state index contributed by atoms with van der Waals surface area (Å²) in [6.45, 7) is 0.703. The van der Waals surface area contributed by atoms with Crippen molar-refractivity contribution in [3.8, 4) is 0 Å². The fraction of sp³-hybridized carbons (Fsp3) is 0.333. The lowest BCUT2D eigenvalue weighted by Crippen LogP contribution is -2.41. The summed E-state index contributed by atoms with van der Waals surface area (Å²) in [6, 6.07) is 7.73. The molecule has 0 spiro atoms. The highest BCUT2D eigenvalue weighted by Gasteiger charge is 2.33. The van der Waals surface area contributed by atoms with Crippen molar-refractivity contribution in [1.29, 1.82) is 0 Å². The van der Waals surface area contributed by atoms with E-state index >= 15 is 0 Å². The molecule has 1 aliphatic rings. The van der Waals surface area contributed by atoms with Gasteiger partial charge in [-0.05, 0) is 18.6 Å². The van der Waals surface area contributed by atoms with E-state index in [-0.39, 0.29) is 17.9 Å². The quantitative estimate of drug-likeness (QED) is 0.813. The Morgan fingerprint density at radius 1 is 1.30 bits per heavy atom. The topological polar surface area (TPSA) is 45.5 Å². The van der Waals surface area contributed by atoms with Gasteiger partial charge in [0.25, 0.3) is 0 Å². The van der Waals surface area contributed by atoms with Gasteiger partial charge in [-0.1, -0.05) is 18.2 Å². The SMILES string of the molecule is CN1CCC(N(C)C(=O)C=Cc2cn(C)c3ccccc23)C1=O. The molecule has 1 aromatic carbocycles. The summed E-state index contributed by atoms with van der Waals surface area (Å²) in [5, 5.41) is 1.11. The van der Waals surface area contributed by atoms with E-state index in [2.05, 4.69) is 0 Å². The van der Waals surface area contributed by atoms with Crippen LogP contribution < -0.4 is 0 Å². The molecule has 1 atom stereocenters. The van der Waals surface area contributed by atoms with Gasteiger partial charge in [0, 0.05) is 56.4 Å². The van der Waals surface area contributed by atoms with Gasteiger partial charge in [0.15, 0.2) is 0 Å². The van der Waals surface area contributed by atoms with E-state index in [1.54, 1.807) is 25.1 Å². The van der Waals surface area contributed by atoms with Gasteiger partial charge in [0.1, 0.15) is 6.04 Å². The number of carbonyl (C=O) groups excluding carboxylic acids is 2. The number of aromatic nitrogens is 1. The second kappa shape index (κ2) is 5.91. The smallest absolute Gasteiger partial charge is 0.246 e.